The molecule has 18 heavy (non-hydrogen) atoms. The van der Waals surface area contributed by atoms with Crippen molar-refractivity contribution in [3.05, 3.63) is 29.6 Å². The van der Waals surface area contributed by atoms with Gasteiger partial charge in [-0.05, 0) is 17.7 Å². The van der Waals surface area contributed by atoms with Crippen molar-refractivity contribution in [3.63, 3.8) is 0 Å². The van der Waals surface area contributed by atoms with Gasteiger partial charge in [-0.15, -0.1) is 13.2 Å². The van der Waals surface area contributed by atoms with E-state index < -0.39 is 30.1 Å². The molecule has 0 bridgehead atoms. The third kappa shape index (κ3) is 4.04. The Kier molecular flexibility index (Phi) is 4.83. The lowest BCUT2D eigenvalue weighted by Crippen LogP contribution is -2.20. The van der Waals surface area contributed by atoms with Crippen molar-refractivity contribution in [2.45, 2.75) is 18.6 Å². The molecule has 2 atom stereocenters. The van der Waals surface area contributed by atoms with Gasteiger partial charge in [0.25, 0.3) is 0 Å². The molecule has 2 unspecified atom stereocenters. The van der Waals surface area contributed by atoms with E-state index in [2.05, 4.69) is 17.4 Å². The fraction of sp³-hybridized carbons (Fsp3) is 0.400. The number of rotatable bonds is 4. The SMILES string of the molecule is OC(CS)C(O)c1ccc(OC(F)(F)F)c(F)c1. The molecule has 0 radical (unpaired) electrons. The number of hydrogen-bond acceptors (Lipinski definition) is 4. The fourth-order valence-corrected chi connectivity index (χ4v) is 1.43. The van der Waals surface area contributed by atoms with E-state index in [0.717, 1.165) is 12.1 Å². The Morgan fingerprint density at radius 2 is 1.89 bits per heavy atom. The molecule has 1 rings (SSSR count). The Morgan fingerprint density at radius 3 is 2.33 bits per heavy atom. The van der Waals surface area contributed by atoms with Gasteiger partial charge in [0.1, 0.15) is 6.10 Å². The molecule has 0 aromatic heterocycles. The zero-order valence-corrected chi connectivity index (χ0v) is 9.75. The number of aliphatic hydroxyl groups is 2. The van der Waals surface area contributed by atoms with Crippen LogP contribution in [0.1, 0.15) is 11.7 Å². The molecule has 2 N–H and O–H groups in total. The van der Waals surface area contributed by atoms with Crippen LogP contribution in [0.15, 0.2) is 18.2 Å². The zero-order chi connectivity index (χ0) is 13.9. The number of hydrogen-bond donors (Lipinski definition) is 3. The molecule has 1 aromatic carbocycles. The molecular weight excluding hydrogens is 276 g/mol. The van der Waals surface area contributed by atoms with Gasteiger partial charge in [0.05, 0.1) is 6.10 Å². The summed E-state index contributed by atoms with van der Waals surface area (Å²) in [4.78, 5) is 0. The van der Waals surface area contributed by atoms with E-state index in [1.807, 2.05) is 0 Å². The summed E-state index contributed by atoms with van der Waals surface area (Å²) >= 11 is 3.73. The molecule has 0 saturated heterocycles. The van der Waals surface area contributed by atoms with Gasteiger partial charge in [-0.2, -0.15) is 12.6 Å². The molecule has 3 nitrogen and oxygen atoms in total. The molecule has 8 heteroatoms. The first-order valence-electron chi connectivity index (χ1n) is 4.77. The molecule has 1 aromatic rings. The van der Waals surface area contributed by atoms with Crippen molar-refractivity contribution in [2.75, 3.05) is 5.75 Å². The Morgan fingerprint density at radius 1 is 1.28 bits per heavy atom. The lowest BCUT2D eigenvalue weighted by molar-refractivity contribution is -0.275. The van der Waals surface area contributed by atoms with Gasteiger partial charge in [-0.1, -0.05) is 6.07 Å². The minimum atomic E-state index is -4.99. The molecule has 0 saturated carbocycles. The van der Waals surface area contributed by atoms with Crippen LogP contribution in [-0.4, -0.2) is 28.4 Å². The van der Waals surface area contributed by atoms with E-state index in [1.54, 1.807) is 0 Å². The maximum absolute atomic E-state index is 13.3. The second kappa shape index (κ2) is 5.77. The number of benzene rings is 1. The first-order chi connectivity index (χ1) is 8.24. The maximum atomic E-state index is 13.3. The summed E-state index contributed by atoms with van der Waals surface area (Å²) < 4.78 is 52.3. The lowest BCUT2D eigenvalue weighted by Gasteiger charge is -2.17. The number of aliphatic hydroxyl groups excluding tert-OH is 2. The molecule has 0 amide bonds. The summed E-state index contributed by atoms with van der Waals surface area (Å²) in [5.41, 5.74) is -0.0661. The number of thiol groups is 1. The smallest absolute Gasteiger partial charge is 0.403 e. The van der Waals surface area contributed by atoms with Crippen LogP contribution >= 0.6 is 12.6 Å². The minimum Gasteiger partial charge on any atom is -0.403 e. The Labute approximate surface area is 105 Å². The van der Waals surface area contributed by atoms with Crippen LogP contribution in [0.3, 0.4) is 0 Å². The standard InChI is InChI=1S/C10H10F4O3S/c11-6-3-5(9(16)7(15)4-18)1-2-8(6)17-10(12,13)14/h1-3,7,9,15-16,18H,4H2. The predicted molar refractivity (Wildman–Crippen MR) is 57.9 cm³/mol. The largest absolute Gasteiger partial charge is 0.573 e. The van der Waals surface area contributed by atoms with Gasteiger partial charge in [0, 0.05) is 5.75 Å². The summed E-state index contributed by atoms with van der Waals surface area (Å²) in [6.45, 7) is 0. The van der Waals surface area contributed by atoms with Crippen LogP contribution in [0.4, 0.5) is 17.6 Å². The van der Waals surface area contributed by atoms with Gasteiger partial charge < -0.3 is 14.9 Å². The van der Waals surface area contributed by atoms with E-state index in [0.29, 0.717) is 6.07 Å². The van der Waals surface area contributed by atoms with Crippen molar-refractivity contribution < 1.29 is 32.5 Å². The number of halogens is 4. The van der Waals surface area contributed by atoms with Crippen LogP contribution < -0.4 is 4.74 Å². The van der Waals surface area contributed by atoms with Gasteiger partial charge in [0.15, 0.2) is 11.6 Å². The molecular formula is C10H10F4O3S. The summed E-state index contributed by atoms with van der Waals surface area (Å²) in [5.74, 6) is -2.36. The van der Waals surface area contributed by atoms with Crippen molar-refractivity contribution in [2.24, 2.45) is 0 Å². The monoisotopic (exact) mass is 286 g/mol. The molecule has 0 aliphatic carbocycles. The Hall–Kier alpha value is -0.990. The molecule has 102 valence electrons. The highest BCUT2D eigenvalue weighted by atomic mass is 32.1. The third-order valence-corrected chi connectivity index (χ3v) is 2.45. The van der Waals surface area contributed by atoms with Crippen molar-refractivity contribution in [1.29, 1.82) is 0 Å². The van der Waals surface area contributed by atoms with Crippen molar-refractivity contribution in [3.8, 4) is 5.75 Å². The highest BCUT2D eigenvalue weighted by Crippen LogP contribution is 2.28. The number of ether oxygens (including phenoxy) is 1. The van der Waals surface area contributed by atoms with Gasteiger partial charge >= 0.3 is 6.36 Å². The second-order valence-electron chi connectivity index (χ2n) is 3.43. The van der Waals surface area contributed by atoms with Crippen LogP contribution in [0.25, 0.3) is 0 Å². The first kappa shape index (κ1) is 15.1. The molecule has 0 heterocycles. The van der Waals surface area contributed by atoms with Crippen LogP contribution in [0, 0.1) is 5.82 Å². The van der Waals surface area contributed by atoms with Gasteiger partial charge in [0.2, 0.25) is 0 Å². The van der Waals surface area contributed by atoms with E-state index in [4.69, 9.17) is 0 Å². The summed E-state index contributed by atoms with van der Waals surface area (Å²) in [7, 11) is 0. The van der Waals surface area contributed by atoms with E-state index in [9.17, 15) is 27.8 Å². The normalized spacial score (nSPS) is 15.3. The Bertz CT molecular complexity index is 411. The fourth-order valence-electron chi connectivity index (χ4n) is 1.23. The molecule has 0 aliphatic rings. The predicted octanol–water partition coefficient (Wildman–Crippen LogP) is 2.05. The van der Waals surface area contributed by atoms with Crippen molar-refractivity contribution in [1.82, 2.24) is 0 Å². The second-order valence-corrected chi connectivity index (χ2v) is 3.80. The molecule has 0 aliphatic heterocycles. The highest BCUT2D eigenvalue weighted by Gasteiger charge is 2.32. The first-order valence-corrected chi connectivity index (χ1v) is 5.40. The van der Waals surface area contributed by atoms with Crippen molar-refractivity contribution >= 4 is 12.6 Å². The average Bonchev–Trinajstić information content (AvgIpc) is 2.28. The summed E-state index contributed by atoms with van der Waals surface area (Å²) in [5, 5.41) is 18.8. The quantitative estimate of drug-likeness (QED) is 0.586. The maximum Gasteiger partial charge on any atom is 0.573 e. The van der Waals surface area contributed by atoms with Gasteiger partial charge in [-0.3, -0.25) is 0 Å². The van der Waals surface area contributed by atoms with Crippen LogP contribution in [0.5, 0.6) is 5.75 Å². The Balaban J connectivity index is 2.92. The zero-order valence-electron chi connectivity index (χ0n) is 8.86. The van der Waals surface area contributed by atoms with E-state index >= 15 is 0 Å². The topological polar surface area (TPSA) is 49.7 Å². The summed E-state index contributed by atoms with van der Waals surface area (Å²) in [6.07, 6.45) is -7.68. The van der Waals surface area contributed by atoms with E-state index in [1.165, 1.54) is 0 Å². The van der Waals surface area contributed by atoms with Crippen LogP contribution in [-0.2, 0) is 0 Å². The molecule has 0 fully saturated rings. The van der Waals surface area contributed by atoms with Gasteiger partial charge in [-0.25, -0.2) is 4.39 Å². The number of alkyl halides is 3. The third-order valence-electron chi connectivity index (χ3n) is 2.07. The molecule has 0 spiro atoms. The summed E-state index contributed by atoms with van der Waals surface area (Å²) in [6, 6.07) is 2.42. The van der Waals surface area contributed by atoms with E-state index in [-0.39, 0.29) is 11.3 Å². The average molecular weight is 286 g/mol. The minimum absolute atomic E-state index is 0.0661. The van der Waals surface area contributed by atoms with Crippen LogP contribution in [0.2, 0.25) is 0 Å². The lowest BCUT2D eigenvalue weighted by atomic mass is 10.1. The highest BCUT2D eigenvalue weighted by molar-refractivity contribution is 7.80.